The number of aliphatic hydroxyl groups excluding tert-OH is 1. The van der Waals surface area contributed by atoms with Gasteiger partial charge >= 0.3 is 0 Å². The largest absolute Gasteiger partial charge is 0.393 e. The third-order valence-electron chi connectivity index (χ3n) is 4.62. The van der Waals surface area contributed by atoms with E-state index in [1.165, 1.54) is 0 Å². The van der Waals surface area contributed by atoms with Crippen LogP contribution in [0.5, 0.6) is 0 Å². The lowest BCUT2D eigenvalue weighted by Crippen LogP contribution is -2.28. The maximum atomic E-state index is 9.64. The molecule has 0 saturated heterocycles. The normalized spacial score (nSPS) is 20.0. The molecule has 1 fully saturated rings. The average molecular weight is 376 g/mol. The molecule has 3 rings (SSSR count). The molecule has 1 aliphatic rings. The lowest BCUT2D eigenvalue weighted by Gasteiger charge is -2.26. The predicted octanol–water partition coefficient (Wildman–Crippen LogP) is 3.27. The Bertz CT molecular complexity index is 719. The zero-order valence-corrected chi connectivity index (χ0v) is 15.5. The van der Waals surface area contributed by atoms with Gasteiger partial charge in [-0.1, -0.05) is 17.7 Å². The van der Waals surface area contributed by atoms with Crippen LogP contribution in [0.4, 0.5) is 11.6 Å². The van der Waals surface area contributed by atoms with E-state index in [9.17, 15) is 5.11 Å². The number of pyridine rings is 2. The van der Waals surface area contributed by atoms with Crippen LogP contribution < -0.4 is 16.4 Å². The molecule has 26 heavy (non-hydrogen) atoms. The second-order valence-corrected chi connectivity index (χ2v) is 7.08. The number of nitrogens with two attached hydrogens (primary N) is 1. The number of hydrogen-bond donors (Lipinski definition) is 4. The monoisotopic (exact) mass is 375 g/mol. The van der Waals surface area contributed by atoms with Crippen molar-refractivity contribution in [1.82, 2.24) is 9.97 Å². The second kappa shape index (κ2) is 9.16. The summed E-state index contributed by atoms with van der Waals surface area (Å²) in [6.07, 6.45) is 5.94. The Balaban J connectivity index is 1.74. The lowest BCUT2D eigenvalue weighted by molar-refractivity contribution is 0.126. The number of halogens is 1. The minimum atomic E-state index is -0.166. The van der Waals surface area contributed by atoms with Crippen LogP contribution in [-0.2, 0) is 0 Å². The third-order valence-corrected chi connectivity index (χ3v) is 4.92. The van der Waals surface area contributed by atoms with Gasteiger partial charge in [-0.05, 0) is 56.8 Å². The fourth-order valence-corrected chi connectivity index (χ4v) is 3.35. The molecule has 7 heteroatoms. The number of aromatic nitrogens is 2. The molecular formula is C19H26ClN5O. The summed E-state index contributed by atoms with van der Waals surface area (Å²) in [5.41, 5.74) is 7.18. The standard InChI is InChI=1S/C19H26ClN5O/c20-16-12-23-19(24-13-5-7-14(26)8-6-13)11-15(16)17-3-1-4-18(25-17)22-10-2-9-21/h1,3-4,11-14,26H,2,5-10,21H2,(H,22,25)(H,23,24)/t13-,14-. The molecule has 0 aromatic carbocycles. The number of hydrogen-bond acceptors (Lipinski definition) is 6. The molecule has 5 N–H and O–H groups in total. The number of nitrogens with zero attached hydrogens (tertiary/aromatic N) is 2. The van der Waals surface area contributed by atoms with Crippen molar-refractivity contribution in [3.05, 3.63) is 35.5 Å². The van der Waals surface area contributed by atoms with Gasteiger partial charge in [0.25, 0.3) is 0 Å². The highest BCUT2D eigenvalue weighted by molar-refractivity contribution is 6.33. The van der Waals surface area contributed by atoms with Gasteiger partial charge in [-0.25, -0.2) is 9.97 Å². The number of aliphatic hydroxyl groups is 1. The van der Waals surface area contributed by atoms with E-state index in [1.54, 1.807) is 6.20 Å². The van der Waals surface area contributed by atoms with Gasteiger partial charge in [0.05, 0.1) is 16.8 Å². The van der Waals surface area contributed by atoms with E-state index in [0.29, 0.717) is 17.6 Å². The van der Waals surface area contributed by atoms with Crippen LogP contribution in [0.3, 0.4) is 0 Å². The maximum absolute atomic E-state index is 9.64. The zero-order chi connectivity index (χ0) is 18.4. The number of anilines is 2. The van der Waals surface area contributed by atoms with Crippen LogP contribution in [0.15, 0.2) is 30.5 Å². The first-order valence-corrected chi connectivity index (χ1v) is 9.55. The van der Waals surface area contributed by atoms with Crippen LogP contribution in [0.1, 0.15) is 32.1 Å². The molecule has 6 nitrogen and oxygen atoms in total. The van der Waals surface area contributed by atoms with E-state index in [0.717, 1.165) is 61.5 Å². The van der Waals surface area contributed by atoms with Crippen LogP contribution in [0, 0.1) is 0 Å². The molecule has 0 radical (unpaired) electrons. The molecule has 1 aliphatic carbocycles. The molecule has 0 atom stereocenters. The van der Waals surface area contributed by atoms with E-state index in [4.69, 9.17) is 17.3 Å². The zero-order valence-electron chi connectivity index (χ0n) is 14.8. The van der Waals surface area contributed by atoms with E-state index < -0.39 is 0 Å². The maximum Gasteiger partial charge on any atom is 0.126 e. The van der Waals surface area contributed by atoms with Gasteiger partial charge in [0.2, 0.25) is 0 Å². The summed E-state index contributed by atoms with van der Waals surface area (Å²) in [5, 5.41) is 16.9. The Hall–Kier alpha value is -1.89. The van der Waals surface area contributed by atoms with E-state index >= 15 is 0 Å². The fraction of sp³-hybridized carbons (Fsp3) is 0.474. The van der Waals surface area contributed by atoms with Gasteiger partial charge < -0.3 is 21.5 Å². The summed E-state index contributed by atoms with van der Waals surface area (Å²) < 4.78 is 0. The summed E-state index contributed by atoms with van der Waals surface area (Å²) in [7, 11) is 0. The second-order valence-electron chi connectivity index (χ2n) is 6.68. The van der Waals surface area contributed by atoms with Gasteiger partial charge in [-0.15, -0.1) is 0 Å². The Morgan fingerprint density at radius 3 is 2.77 bits per heavy atom. The molecule has 140 valence electrons. The van der Waals surface area contributed by atoms with Gasteiger partial charge in [0.1, 0.15) is 11.6 Å². The van der Waals surface area contributed by atoms with E-state index in [2.05, 4.69) is 20.6 Å². The van der Waals surface area contributed by atoms with Crippen molar-refractivity contribution in [2.24, 2.45) is 5.73 Å². The van der Waals surface area contributed by atoms with Crippen molar-refractivity contribution < 1.29 is 5.11 Å². The molecule has 2 heterocycles. The first kappa shape index (κ1) is 18.9. The van der Waals surface area contributed by atoms with Crippen LogP contribution in [-0.4, -0.2) is 40.3 Å². The topological polar surface area (TPSA) is 96.1 Å². The minimum Gasteiger partial charge on any atom is -0.393 e. The van der Waals surface area contributed by atoms with Crippen molar-refractivity contribution in [1.29, 1.82) is 0 Å². The van der Waals surface area contributed by atoms with E-state index in [1.807, 2.05) is 24.3 Å². The third kappa shape index (κ3) is 5.06. The summed E-state index contributed by atoms with van der Waals surface area (Å²) >= 11 is 6.37. The first-order valence-electron chi connectivity index (χ1n) is 9.17. The molecule has 0 amide bonds. The van der Waals surface area contributed by atoms with Crippen molar-refractivity contribution in [2.45, 2.75) is 44.2 Å². The Morgan fingerprint density at radius 1 is 1.19 bits per heavy atom. The van der Waals surface area contributed by atoms with Crippen molar-refractivity contribution >= 4 is 23.2 Å². The smallest absolute Gasteiger partial charge is 0.126 e. The van der Waals surface area contributed by atoms with Crippen LogP contribution in [0.2, 0.25) is 5.02 Å². The number of rotatable bonds is 7. The summed E-state index contributed by atoms with van der Waals surface area (Å²) in [4.78, 5) is 9.05. The molecule has 0 spiro atoms. The Morgan fingerprint density at radius 2 is 2.00 bits per heavy atom. The highest BCUT2D eigenvalue weighted by atomic mass is 35.5. The quantitative estimate of drug-likeness (QED) is 0.555. The fourth-order valence-electron chi connectivity index (χ4n) is 3.14. The SMILES string of the molecule is NCCCNc1cccc(-c2cc(N[C@H]3CC[C@H](O)CC3)ncc2Cl)n1. The minimum absolute atomic E-state index is 0.166. The first-order chi connectivity index (χ1) is 12.7. The van der Waals surface area contributed by atoms with Gasteiger partial charge in [0, 0.05) is 24.3 Å². The molecule has 2 aromatic heterocycles. The lowest BCUT2D eigenvalue weighted by atomic mass is 9.93. The molecule has 0 aliphatic heterocycles. The Labute approximate surface area is 159 Å². The van der Waals surface area contributed by atoms with E-state index in [-0.39, 0.29) is 6.10 Å². The molecule has 0 bridgehead atoms. The average Bonchev–Trinajstić information content (AvgIpc) is 2.66. The summed E-state index contributed by atoms with van der Waals surface area (Å²) in [5.74, 6) is 1.59. The van der Waals surface area contributed by atoms with Crippen LogP contribution >= 0.6 is 11.6 Å². The molecule has 1 saturated carbocycles. The number of nitrogens with one attached hydrogen (secondary N) is 2. The highest BCUT2D eigenvalue weighted by Crippen LogP contribution is 2.30. The molecule has 0 unspecified atom stereocenters. The van der Waals surface area contributed by atoms with Crippen molar-refractivity contribution in [3.63, 3.8) is 0 Å². The van der Waals surface area contributed by atoms with Crippen molar-refractivity contribution in [2.75, 3.05) is 23.7 Å². The Kier molecular flexibility index (Phi) is 6.66. The summed E-state index contributed by atoms with van der Waals surface area (Å²) in [6.45, 7) is 1.44. The van der Waals surface area contributed by atoms with Gasteiger partial charge in [-0.2, -0.15) is 0 Å². The predicted molar refractivity (Wildman–Crippen MR) is 107 cm³/mol. The van der Waals surface area contributed by atoms with Crippen molar-refractivity contribution in [3.8, 4) is 11.3 Å². The van der Waals surface area contributed by atoms with Gasteiger partial charge in [-0.3, -0.25) is 0 Å². The summed E-state index contributed by atoms with van der Waals surface area (Å²) in [6, 6.07) is 8.11. The van der Waals surface area contributed by atoms with Gasteiger partial charge in [0.15, 0.2) is 0 Å². The molecular weight excluding hydrogens is 350 g/mol. The molecule has 2 aromatic rings. The highest BCUT2D eigenvalue weighted by Gasteiger charge is 2.20. The van der Waals surface area contributed by atoms with Crippen LogP contribution in [0.25, 0.3) is 11.3 Å².